The van der Waals surface area contributed by atoms with Crippen molar-refractivity contribution in [1.82, 2.24) is 15.1 Å². The molecule has 1 aromatic rings. The minimum absolute atomic E-state index is 0.584. The van der Waals surface area contributed by atoms with E-state index in [0.29, 0.717) is 6.04 Å². The van der Waals surface area contributed by atoms with Crippen LogP contribution in [0, 0.1) is 0 Å². The molecule has 0 bridgehead atoms. The Bertz CT molecular complexity index is 355. The fourth-order valence-corrected chi connectivity index (χ4v) is 2.99. The SMILES string of the molecule is CCCNc1nnc(CN(CCOC)C(CC)CC)s1. The van der Waals surface area contributed by atoms with Gasteiger partial charge in [-0.2, -0.15) is 0 Å². The van der Waals surface area contributed by atoms with Crippen molar-refractivity contribution in [1.29, 1.82) is 0 Å². The third kappa shape index (κ3) is 5.73. The first-order chi connectivity index (χ1) is 9.74. The minimum Gasteiger partial charge on any atom is -0.383 e. The molecular formula is C14H28N4OS. The topological polar surface area (TPSA) is 50.3 Å². The molecule has 0 aliphatic heterocycles. The van der Waals surface area contributed by atoms with Gasteiger partial charge in [-0.1, -0.05) is 32.1 Å². The molecular weight excluding hydrogens is 272 g/mol. The molecule has 0 amide bonds. The van der Waals surface area contributed by atoms with E-state index in [2.05, 4.69) is 41.2 Å². The van der Waals surface area contributed by atoms with E-state index < -0.39 is 0 Å². The first-order valence-corrected chi connectivity index (χ1v) is 8.35. The van der Waals surface area contributed by atoms with Crippen molar-refractivity contribution >= 4 is 16.5 Å². The summed E-state index contributed by atoms with van der Waals surface area (Å²) in [5, 5.41) is 13.8. The summed E-state index contributed by atoms with van der Waals surface area (Å²) in [6.45, 7) is 10.1. The zero-order chi connectivity index (χ0) is 14.8. The summed E-state index contributed by atoms with van der Waals surface area (Å²) in [6, 6.07) is 0.584. The monoisotopic (exact) mass is 300 g/mol. The van der Waals surface area contributed by atoms with Gasteiger partial charge < -0.3 is 10.1 Å². The second kappa shape index (κ2) is 10.1. The van der Waals surface area contributed by atoms with E-state index in [1.807, 2.05) is 0 Å². The number of methoxy groups -OCH3 is 1. The van der Waals surface area contributed by atoms with Crippen molar-refractivity contribution in [2.75, 3.05) is 32.1 Å². The quantitative estimate of drug-likeness (QED) is 0.681. The summed E-state index contributed by atoms with van der Waals surface area (Å²) >= 11 is 1.66. The van der Waals surface area contributed by atoms with Gasteiger partial charge in [-0.05, 0) is 19.3 Å². The summed E-state index contributed by atoms with van der Waals surface area (Å²) in [6.07, 6.45) is 3.41. The normalized spacial score (nSPS) is 11.5. The van der Waals surface area contributed by atoms with Crippen LogP contribution >= 0.6 is 11.3 Å². The Kier molecular flexibility index (Phi) is 8.73. The molecule has 0 atom stereocenters. The van der Waals surface area contributed by atoms with Crippen LogP contribution in [0.5, 0.6) is 0 Å². The van der Waals surface area contributed by atoms with Gasteiger partial charge in [0.1, 0.15) is 5.01 Å². The summed E-state index contributed by atoms with van der Waals surface area (Å²) < 4.78 is 5.22. The van der Waals surface area contributed by atoms with Crippen LogP contribution in [0.3, 0.4) is 0 Å². The van der Waals surface area contributed by atoms with Gasteiger partial charge in [-0.3, -0.25) is 4.90 Å². The van der Waals surface area contributed by atoms with Crippen LogP contribution in [0.4, 0.5) is 5.13 Å². The van der Waals surface area contributed by atoms with Crippen LogP contribution in [0.1, 0.15) is 45.0 Å². The molecule has 1 aromatic heterocycles. The summed E-state index contributed by atoms with van der Waals surface area (Å²) in [7, 11) is 1.75. The van der Waals surface area contributed by atoms with Crippen LogP contribution in [-0.4, -0.2) is 47.9 Å². The molecule has 0 radical (unpaired) electrons. The Morgan fingerprint density at radius 1 is 1.25 bits per heavy atom. The molecule has 1 rings (SSSR count). The minimum atomic E-state index is 0.584. The van der Waals surface area contributed by atoms with E-state index >= 15 is 0 Å². The number of rotatable bonds is 11. The first kappa shape index (κ1) is 17.3. The number of nitrogens with zero attached hydrogens (tertiary/aromatic N) is 3. The Morgan fingerprint density at radius 2 is 2.00 bits per heavy atom. The van der Waals surface area contributed by atoms with Gasteiger partial charge in [0.15, 0.2) is 0 Å². The van der Waals surface area contributed by atoms with E-state index in [1.165, 1.54) is 0 Å². The molecule has 0 unspecified atom stereocenters. The smallest absolute Gasteiger partial charge is 0.205 e. The third-order valence-electron chi connectivity index (χ3n) is 3.37. The summed E-state index contributed by atoms with van der Waals surface area (Å²) in [5.74, 6) is 0. The fourth-order valence-electron chi connectivity index (χ4n) is 2.20. The highest BCUT2D eigenvalue weighted by atomic mass is 32.1. The molecule has 6 heteroatoms. The molecule has 20 heavy (non-hydrogen) atoms. The van der Waals surface area contributed by atoms with Crippen molar-refractivity contribution in [3.8, 4) is 0 Å². The third-order valence-corrected chi connectivity index (χ3v) is 4.24. The summed E-state index contributed by atoms with van der Waals surface area (Å²) in [4.78, 5) is 2.45. The maximum absolute atomic E-state index is 5.22. The lowest BCUT2D eigenvalue weighted by Crippen LogP contribution is -2.36. The number of anilines is 1. The highest BCUT2D eigenvalue weighted by Crippen LogP contribution is 2.19. The number of hydrogen-bond donors (Lipinski definition) is 1. The largest absolute Gasteiger partial charge is 0.383 e. The molecule has 1 heterocycles. The van der Waals surface area contributed by atoms with Crippen molar-refractivity contribution in [2.24, 2.45) is 0 Å². The van der Waals surface area contributed by atoms with E-state index in [-0.39, 0.29) is 0 Å². The predicted molar refractivity (Wildman–Crippen MR) is 85.3 cm³/mol. The second-order valence-corrected chi connectivity index (χ2v) is 5.92. The number of nitrogens with one attached hydrogen (secondary N) is 1. The van der Waals surface area contributed by atoms with Crippen molar-refractivity contribution in [3.05, 3.63) is 5.01 Å². The highest BCUT2D eigenvalue weighted by molar-refractivity contribution is 7.15. The molecule has 0 aromatic carbocycles. The fraction of sp³-hybridized carbons (Fsp3) is 0.857. The first-order valence-electron chi connectivity index (χ1n) is 7.54. The zero-order valence-corrected chi connectivity index (χ0v) is 14.0. The molecule has 5 nitrogen and oxygen atoms in total. The predicted octanol–water partition coefficient (Wildman–Crippen LogP) is 3.00. The molecule has 0 saturated carbocycles. The lowest BCUT2D eigenvalue weighted by Gasteiger charge is -2.29. The van der Waals surface area contributed by atoms with Gasteiger partial charge >= 0.3 is 0 Å². The molecule has 0 aliphatic carbocycles. The zero-order valence-electron chi connectivity index (χ0n) is 13.2. The van der Waals surface area contributed by atoms with Crippen LogP contribution in [0.2, 0.25) is 0 Å². The number of aromatic nitrogens is 2. The second-order valence-electron chi connectivity index (χ2n) is 4.86. The van der Waals surface area contributed by atoms with Crippen molar-refractivity contribution < 1.29 is 4.74 Å². The summed E-state index contributed by atoms with van der Waals surface area (Å²) in [5.41, 5.74) is 0. The average molecular weight is 300 g/mol. The van der Waals surface area contributed by atoms with Gasteiger partial charge in [-0.25, -0.2) is 0 Å². The van der Waals surface area contributed by atoms with Gasteiger partial charge in [-0.15, -0.1) is 10.2 Å². The highest BCUT2D eigenvalue weighted by Gasteiger charge is 2.17. The van der Waals surface area contributed by atoms with E-state index in [0.717, 1.165) is 55.6 Å². The van der Waals surface area contributed by atoms with Gasteiger partial charge in [0, 0.05) is 26.2 Å². The van der Waals surface area contributed by atoms with E-state index in [9.17, 15) is 0 Å². The molecule has 0 aliphatic rings. The molecule has 1 N–H and O–H groups in total. The Hall–Kier alpha value is -0.720. The van der Waals surface area contributed by atoms with Crippen LogP contribution in [-0.2, 0) is 11.3 Å². The van der Waals surface area contributed by atoms with Gasteiger partial charge in [0.2, 0.25) is 5.13 Å². The molecule has 0 spiro atoms. The Labute approximate surface area is 126 Å². The lowest BCUT2D eigenvalue weighted by molar-refractivity contribution is 0.110. The molecule has 0 saturated heterocycles. The number of hydrogen-bond acceptors (Lipinski definition) is 6. The maximum atomic E-state index is 5.22. The standard InChI is InChI=1S/C14H28N4OS/c1-5-8-15-14-17-16-13(20-14)11-18(9-10-19-4)12(6-2)7-3/h12H,5-11H2,1-4H3,(H,15,17). The van der Waals surface area contributed by atoms with Gasteiger partial charge in [0.05, 0.1) is 13.2 Å². The Morgan fingerprint density at radius 3 is 2.60 bits per heavy atom. The maximum Gasteiger partial charge on any atom is 0.205 e. The van der Waals surface area contributed by atoms with Crippen molar-refractivity contribution in [3.63, 3.8) is 0 Å². The van der Waals surface area contributed by atoms with Crippen LogP contribution in [0.15, 0.2) is 0 Å². The van der Waals surface area contributed by atoms with Crippen molar-refractivity contribution in [2.45, 2.75) is 52.6 Å². The molecule has 116 valence electrons. The average Bonchev–Trinajstić information content (AvgIpc) is 2.91. The van der Waals surface area contributed by atoms with E-state index in [4.69, 9.17) is 4.74 Å². The van der Waals surface area contributed by atoms with Gasteiger partial charge in [0.25, 0.3) is 0 Å². The van der Waals surface area contributed by atoms with Crippen LogP contribution < -0.4 is 5.32 Å². The molecule has 0 fully saturated rings. The number of ether oxygens (including phenoxy) is 1. The van der Waals surface area contributed by atoms with E-state index in [1.54, 1.807) is 18.4 Å². The lowest BCUT2D eigenvalue weighted by atomic mass is 10.1. The van der Waals surface area contributed by atoms with Crippen LogP contribution in [0.25, 0.3) is 0 Å². The Balaban J connectivity index is 2.60.